The molecule has 1 amide bonds. The first-order chi connectivity index (χ1) is 10.7. The highest BCUT2D eigenvalue weighted by Crippen LogP contribution is 2.30. The number of benzene rings is 1. The summed E-state index contributed by atoms with van der Waals surface area (Å²) in [6.45, 7) is 5.21. The average Bonchev–Trinajstić information content (AvgIpc) is 2.44. The number of ether oxygens (including phenoxy) is 3. The van der Waals surface area contributed by atoms with Crippen LogP contribution in [0.5, 0.6) is 11.5 Å². The second-order valence-corrected chi connectivity index (χ2v) is 5.91. The molecule has 0 fully saturated rings. The van der Waals surface area contributed by atoms with E-state index in [0.717, 1.165) is 0 Å². The van der Waals surface area contributed by atoms with Crippen LogP contribution in [0, 0.1) is 0 Å². The molecule has 0 aliphatic heterocycles. The van der Waals surface area contributed by atoms with Crippen molar-refractivity contribution in [1.29, 1.82) is 0 Å². The molecule has 0 spiro atoms. The minimum atomic E-state index is -0.700. The lowest BCUT2D eigenvalue weighted by atomic mass is 10.0. The molecule has 0 aliphatic rings. The summed E-state index contributed by atoms with van der Waals surface area (Å²) in [5, 5.41) is 12.5. The summed E-state index contributed by atoms with van der Waals surface area (Å²) in [7, 11) is 2.69. The molecule has 0 saturated carbocycles. The molecule has 0 bridgehead atoms. The van der Waals surface area contributed by atoms with Gasteiger partial charge in [-0.05, 0) is 38.5 Å². The monoisotopic (exact) mass is 325 g/mol. The van der Waals surface area contributed by atoms with Crippen LogP contribution >= 0.6 is 0 Å². The van der Waals surface area contributed by atoms with Gasteiger partial charge in [-0.1, -0.05) is 6.07 Å². The molecular weight excluding hydrogens is 302 g/mol. The van der Waals surface area contributed by atoms with Crippen molar-refractivity contribution in [1.82, 2.24) is 5.32 Å². The molecule has 1 rings (SSSR count). The number of amides is 1. The van der Waals surface area contributed by atoms with Crippen LogP contribution in [0.2, 0.25) is 0 Å². The summed E-state index contributed by atoms with van der Waals surface area (Å²) in [5.74, 6) is -0.296. The number of methoxy groups -OCH3 is 2. The maximum absolute atomic E-state index is 11.9. The van der Waals surface area contributed by atoms with Gasteiger partial charge in [0.05, 0.1) is 26.7 Å². The second kappa shape index (κ2) is 7.71. The third-order valence-electron chi connectivity index (χ3n) is 2.89. The molecule has 0 radical (unpaired) electrons. The standard InChI is InChI=1S/C16H23NO6/c1-16(2,3)23-15(20)17-11(9-14(19)22-5)10-6-7-13(21-4)12(18)8-10/h6-8,11,18H,9H2,1-5H3,(H,17,20)/t11-/m0/s1. The van der Waals surface area contributed by atoms with Gasteiger partial charge in [0.15, 0.2) is 11.5 Å². The average molecular weight is 325 g/mol. The van der Waals surface area contributed by atoms with E-state index in [9.17, 15) is 14.7 Å². The van der Waals surface area contributed by atoms with E-state index in [-0.39, 0.29) is 12.2 Å². The Morgan fingerprint density at radius 1 is 1.26 bits per heavy atom. The van der Waals surface area contributed by atoms with Gasteiger partial charge in [-0.15, -0.1) is 0 Å². The molecule has 2 N–H and O–H groups in total. The molecular formula is C16H23NO6. The summed E-state index contributed by atoms with van der Waals surface area (Å²) >= 11 is 0. The lowest BCUT2D eigenvalue weighted by molar-refractivity contribution is -0.141. The van der Waals surface area contributed by atoms with Crippen molar-refractivity contribution in [3.05, 3.63) is 23.8 Å². The van der Waals surface area contributed by atoms with E-state index in [2.05, 4.69) is 10.1 Å². The normalized spacial score (nSPS) is 12.2. The summed E-state index contributed by atoms with van der Waals surface area (Å²) in [4.78, 5) is 23.5. The van der Waals surface area contributed by atoms with E-state index in [0.29, 0.717) is 11.3 Å². The third kappa shape index (κ3) is 6.06. The number of aromatic hydroxyl groups is 1. The Labute approximate surface area is 135 Å². The quantitative estimate of drug-likeness (QED) is 0.808. The molecule has 1 aromatic carbocycles. The Morgan fingerprint density at radius 2 is 1.91 bits per heavy atom. The maximum Gasteiger partial charge on any atom is 0.408 e. The van der Waals surface area contributed by atoms with E-state index in [1.54, 1.807) is 32.9 Å². The molecule has 7 heteroatoms. The number of esters is 1. The maximum atomic E-state index is 11.9. The zero-order valence-corrected chi connectivity index (χ0v) is 14.0. The SMILES string of the molecule is COC(=O)C[C@H](NC(=O)OC(C)(C)C)c1ccc(OC)c(O)c1. The Balaban J connectivity index is 2.98. The molecule has 128 valence electrons. The van der Waals surface area contributed by atoms with E-state index in [1.165, 1.54) is 20.3 Å². The lowest BCUT2D eigenvalue weighted by Gasteiger charge is -2.23. The van der Waals surface area contributed by atoms with Gasteiger partial charge in [-0.3, -0.25) is 4.79 Å². The molecule has 0 aliphatic carbocycles. The molecule has 0 unspecified atom stereocenters. The van der Waals surface area contributed by atoms with Gasteiger partial charge >= 0.3 is 12.1 Å². The van der Waals surface area contributed by atoms with Crippen molar-refractivity contribution in [2.24, 2.45) is 0 Å². The lowest BCUT2D eigenvalue weighted by Crippen LogP contribution is -2.36. The largest absolute Gasteiger partial charge is 0.504 e. The van der Waals surface area contributed by atoms with Gasteiger partial charge in [0.25, 0.3) is 0 Å². The van der Waals surface area contributed by atoms with Crippen molar-refractivity contribution in [2.75, 3.05) is 14.2 Å². The van der Waals surface area contributed by atoms with Crippen molar-refractivity contribution in [3.63, 3.8) is 0 Å². The summed E-state index contributed by atoms with van der Waals surface area (Å²) in [5.41, 5.74) is -0.137. The summed E-state index contributed by atoms with van der Waals surface area (Å²) in [6, 6.07) is 3.91. The number of alkyl carbamates (subject to hydrolysis) is 1. The predicted octanol–water partition coefficient (Wildman–Crippen LogP) is 2.53. The topological polar surface area (TPSA) is 94.1 Å². The van der Waals surface area contributed by atoms with Gasteiger partial charge in [-0.2, -0.15) is 0 Å². The zero-order chi connectivity index (χ0) is 17.6. The number of hydrogen-bond donors (Lipinski definition) is 2. The molecule has 0 heterocycles. The Kier molecular flexibility index (Phi) is 6.24. The highest BCUT2D eigenvalue weighted by atomic mass is 16.6. The summed E-state index contributed by atoms with van der Waals surface area (Å²) < 4.78 is 14.8. The fourth-order valence-electron chi connectivity index (χ4n) is 1.88. The number of carbonyl (C=O) groups excluding carboxylic acids is 2. The van der Waals surface area contributed by atoms with Gasteiger partial charge in [0.2, 0.25) is 0 Å². The van der Waals surface area contributed by atoms with Crippen LogP contribution in [0.3, 0.4) is 0 Å². The molecule has 0 aromatic heterocycles. The van der Waals surface area contributed by atoms with Crippen LogP contribution < -0.4 is 10.1 Å². The van der Waals surface area contributed by atoms with Crippen LogP contribution in [-0.2, 0) is 14.3 Å². The van der Waals surface area contributed by atoms with Crippen LogP contribution in [0.4, 0.5) is 4.79 Å². The molecule has 1 aromatic rings. The Bertz CT molecular complexity index is 564. The van der Waals surface area contributed by atoms with Crippen molar-refractivity contribution < 1.29 is 28.9 Å². The number of phenolic OH excluding ortho intramolecular Hbond substituents is 1. The predicted molar refractivity (Wildman–Crippen MR) is 83.4 cm³/mol. The zero-order valence-electron chi connectivity index (χ0n) is 14.0. The number of hydrogen-bond acceptors (Lipinski definition) is 6. The minimum Gasteiger partial charge on any atom is -0.504 e. The molecule has 0 saturated heterocycles. The Hall–Kier alpha value is -2.44. The summed E-state index contributed by atoms with van der Waals surface area (Å²) in [6.07, 6.45) is -0.761. The highest BCUT2D eigenvalue weighted by molar-refractivity contribution is 5.73. The van der Waals surface area contributed by atoms with Crippen molar-refractivity contribution >= 4 is 12.1 Å². The van der Waals surface area contributed by atoms with Crippen LogP contribution in [0.1, 0.15) is 38.8 Å². The fraction of sp³-hybridized carbons (Fsp3) is 0.500. The van der Waals surface area contributed by atoms with E-state index < -0.39 is 23.7 Å². The van der Waals surface area contributed by atoms with Gasteiger partial charge in [0, 0.05) is 0 Å². The fourth-order valence-corrected chi connectivity index (χ4v) is 1.88. The third-order valence-corrected chi connectivity index (χ3v) is 2.89. The van der Waals surface area contributed by atoms with Gasteiger partial charge in [0.1, 0.15) is 5.60 Å². The first-order valence-corrected chi connectivity index (χ1v) is 7.09. The first kappa shape index (κ1) is 18.6. The van der Waals surface area contributed by atoms with E-state index >= 15 is 0 Å². The van der Waals surface area contributed by atoms with Gasteiger partial charge in [-0.25, -0.2) is 4.79 Å². The van der Waals surface area contributed by atoms with Crippen molar-refractivity contribution in [3.8, 4) is 11.5 Å². The van der Waals surface area contributed by atoms with Crippen LogP contribution in [0.15, 0.2) is 18.2 Å². The smallest absolute Gasteiger partial charge is 0.408 e. The Morgan fingerprint density at radius 3 is 2.39 bits per heavy atom. The molecule has 23 heavy (non-hydrogen) atoms. The highest BCUT2D eigenvalue weighted by Gasteiger charge is 2.23. The number of rotatable bonds is 5. The number of nitrogens with one attached hydrogen (secondary N) is 1. The van der Waals surface area contributed by atoms with Gasteiger partial charge < -0.3 is 24.6 Å². The number of carbonyl (C=O) groups is 2. The molecule has 7 nitrogen and oxygen atoms in total. The molecule has 1 atom stereocenters. The minimum absolute atomic E-state index is 0.0918. The first-order valence-electron chi connectivity index (χ1n) is 7.09. The van der Waals surface area contributed by atoms with E-state index in [4.69, 9.17) is 9.47 Å². The van der Waals surface area contributed by atoms with Crippen molar-refractivity contribution in [2.45, 2.75) is 38.8 Å². The van der Waals surface area contributed by atoms with E-state index in [1.807, 2.05) is 0 Å². The van der Waals surface area contributed by atoms with Crippen LogP contribution in [-0.4, -0.2) is 37.0 Å². The number of phenols is 1. The van der Waals surface area contributed by atoms with Crippen LogP contribution in [0.25, 0.3) is 0 Å². The second-order valence-electron chi connectivity index (χ2n) is 5.91.